The van der Waals surface area contributed by atoms with E-state index in [1.807, 2.05) is 0 Å². The van der Waals surface area contributed by atoms with Gasteiger partial charge in [0, 0.05) is 13.3 Å². The molecule has 0 aromatic heterocycles. The highest BCUT2D eigenvalue weighted by Crippen LogP contribution is 2.30. The van der Waals surface area contributed by atoms with Gasteiger partial charge in [-0.25, -0.2) is 0 Å². The van der Waals surface area contributed by atoms with Gasteiger partial charge in [0.15, 0.2) is 0 Å². The van der Waals surface area contributed by atoms with Gasteiger partial charge < -0.3 is 9.47 Å². The van der Waals surface area contributed by atoms with Crippen molar-refractivity contribution in [2.45, 2.75) is 51.6 Å². The van der Waals surface area contributed by atoms with Crippen molar-refractivity contribution in [2.24, 2.45) is 5.92 Å². The highest BCUT2D eigenvalue weighted by Gasteiger charge is 2.27. The van der Waals surface area contributed by atoms with Crippen molar-refractivity contribution in [3.8, 4) is 0 Å². The van der Waals surface area contributed by atoms with Crippen molar-refractivity contribution in [3.63, 3.8) is 0 Å². The number of esters is 2. The molecule has 2 atom stereocenters. The first-order valence-corrected chi connectivity index (χ1v) is 5.87. The van der Waals surface area contributed by atoms with Crippen LogP contribution < -0.4 is 0 Å². The second-order valence-corrected chi connectivity index (χ2v) is 4.31. The molecule has 1 rings (SSSR count). The maximum Gasteiger partial charge on any atom is 0.305 e. The number of hydrogen-bond donors (Lipinski definition) is 0. The zero-order valence-electron chi connectivity index (χ0n) is 10.0. The minimum Gasteiger partial charge on any atom is -0.469 e. The Kier molecular flexibility index (Phi) is 5.29. The Morgan fingerprint density at radius 3 is 2.56 bits per heavy atom. The smallest absolute Gasteiger partial charge is 0.305 e. The number of carbonyl (C=O) groups excluding carboxylic acids is 2. The van der Waals surface area contributed by atoms with Gasteiger partial charge in [0.25, 0.3) is 0 Å². The monoisotopic (exact) mass is 228 g/mol. The Labute approximate surface area is 96.3 Å². The summed E-state index contributed by atoms with van der Waals surface area (Å²) in [5.41, 5.74) is 0. The molecule has 1 aliphatic carbocycles. The van der Waals surface area contributed by atoms with E-state index >= 15 is 0 Å². The van der Waals surface area contributed by atoms with Crippen molar-refractivity contribution in [2.75, 3.05) is 7.11 Å². The average Bonchev–Trinajstić information content (AvgIpc) is 2.26. The third-order valence-electron chi connectivity index (χ3n) is 3.10. The molecule has 0 bridgehead atoms. The zero-order chi connectivity index (χ0) is 12.0. The van der Waals surface area contributed by atoms with E-state index < -0.39 is 0 Å². The Balaban J connectivity index is 2.40. The van der Waals surface area contributed by atoms with E-state index in [-0.39, 0.29) is 18.0 Å². The zero-order valence-corrected chi connectivity index (χ0v) is 10.0. The van der Waals surface area contributed by atoms with Gasteiger partial charge in [-0.15, -0.1) is 0 Å². The molecule has 0 aromatic rings. The van der Waals surface area contributed by atoms with Crippen molar-refractivity contribution in [1.82, 2.24) is 0 Å². The summed E-state index contributed by atoms with van der Waals surface area (Å²) in [5, 5.41) is 0. The minimum absolute atomic E-state index is 0.00379. The van der Waals surface area contributed by atoms with E-state index in [0.717, 1.165) is 32.1 Å². The summed E-state index contributed by atoms with van der Waals surface area (Å²) >= 11 is 0. The summed E-state index contributed by atoms with van der Waals surface area (Å²) in [4.78, 5) is 22.0. The van der Waals surface area contributed by atoms with Gasteiger partial charge in [0.1, 0.15) is 6.10 Å². The van der Waals surface area contributed by atoms with Gasteiger partial charge in [0.05, 0.1) is 7.11 Å². The lowest BCUT2D eigenvalue weighted by Gasteiger charge is -2.30. The van der Waals surface area contributed by atoms with Crippen LogP contribution in [0.4, 0.5) is 0 Å². The number of rotatable bonds is 4. The molecule has 0 spiro atoms. The second kappa shape index (κ2) is 6.51. The Hall–Kier alpha value is -1.06. The van der Waals surface area contributed by atoms with E-state index in [1.165, 1.54) is 14.0 Å². The summed E-state index contributed by atoms with van der Waals surface area (Å²) in [5.74, 6) is -0.0983. The van der Waals surface area contributed by atoms with Gasteiger partial charge in [0.2, 0.25) is 0 Å². The summed E-state index contributed by atoms with van der Waals surface area (Å²) in [6, 6.07) is 0. The fourth-order valence-corrected chi connectivity index (χ4v) is 2.28. The van der Waals surface area contributed by atoms with E-state index in [4.69, 9.17) is 4.74 Å². The van der Waals surface area contributed by atoms with Crippen molar-refractivity contribution in [3.05, 3.63) is 0 Å². The molecule has 0 amide bonds. The van der Waals surface area contributed by atoms with Crippen LogP contribution >= 0.6 is 0 Å². The molecular weight excluding hydrogens is 208 g/mol. The van der Waals surface area contributed by atoms with Crippen molar-refractivity contribution < 1.29 is 19.1 Å². The minimum atomic E-state index is -0.227. The number of hydrogen-bond acceptors (Lipinski definition) is 4. The maximum absolute atomic E-state index is 11.1. The molecule has 92 valence electrons. The first-order chi connectivity index (χ1) is 7.63. The van der Waals surface area contributed by atoms with E-state index in [9.17, 15) is 9.59 Å². The second-order valence-electron chi connectivity index (χ2n) is 4.31. The SMILES string of the molecule is COC(=O)CC[C@H]1CCCC[C@H]1OC(C)=O. The van der Waals surface area contributed by atoms with Crippen molar-refractivity contribution in [1.29, 1.82) is 0 Å². The third kappa shape index (κ3) is 4.21. The first-order valence-electron chi connectivity index (χ1n) is 5.87. The van der Waals surface area contributed by atoms with Gasteiger partial charge in [-0.05, 0) is 31.6 Å². The molecular formula is C12H20O4. The fraction of sp³-hybridized carbons (Fsp3) is 0.833. The van der Waals surface area contributed by atoms with Crippen LogP contribution in [-0.2, 0) is 19.1 Å². The first kappa shape index (κ1) is 13.0. The summed E-state index contributed by atoms with van der Waals surface area (Å²) in [6.07, 6.45) is 5.39. The van der Waals surface area contributed by atoms with Crippen LogP contribution in [0.3, 0.4) is 0 Å². The normalized spacial score (nSPS) is 24.9. The molecule has 0 unspecified atom stereocenters. The van der Waals surface area contributed by atoms with Crippen LogP contribution in [0.1, 0.15) is 45.4 Å². The Bertz CT molecular complexity index is 249. The van der Waals surface area contributed by atoms with Crippen molar-refractivity contribution >= 4 is 11.9 Å². The highest BCUT2D eigenvalue weighted by molar-refractivity contribution is 5.69. The van der Waals surface area contributed by atoms with E-state index in [0.29, 0.717) is 12.3 Å². The average molecular weight is 228 g/mol. The van der Waals surface area contributed by atoms with E-state index in [1.54, 1.807) is 0 Å². The van der Waals surface area contributed by atoms with Crippen LogP contribution in [0.25, 0.3) is 0 Å². The third-order valence-corrected chi connectivity index (χ3v) is 3.10. The lowest BCUT2D eigenvalue weighted by molar-refractivity contribution is -0.151. The predicted molar refractivity (Wildman–Crippen MR) is 58.8 cm³/mol. The number of methoxy groups -OCH3 is 1. The fourth-order valence-electron chi connectivity index (χ4n) is 2.28. The molecule has 0 saturated heterocycles. The molecule has 16 heavy (non-hydrogen) atoms. The standard InChI is InChI=1S/C12H20O4/c1-9(13)16-11-6-4-3-5-10(11)7-8-12(14)15-2/h10-11H,3-8H2,1-2H3/t10-,11-/m1/s1. The molecule has 0 aliphatic heterocycles. The quantitative estimate of drug-likeness (QED) is 0.691. The molecule has 0 heterocycles. The molecule has 0 aromatic carbocycles. The van der Waals surface area contributed by atoms with Gasteiger partial charge in [-0.1, -0.05) is 6.42 Å². The summed E-state index contributed by atoms with van der Waals surface area (Å²) in [7, 11) is 1.40. The largest absolute Gasteiger partial charge is 0.469 e. The van der Waals surface area contributed by atoms with Crippen LogP contribution in [0.5, 0.6) is 0 Å². The molecule has 1 saturated carbocycles. The molecule has 1 aliphatic rings. The number of ether oxygens (including phenoxy) is 2. The van der Waals surface area contributed by atoms with E-state index in [2.05, 4.69) is 4.74 Å². The lowest BCUT2D eigenvalue weighted by Crippen LogP contribution is -2.29. The lowest BCUT2D eigenvalue weighted by atomic mass is 9.83. The molecule has 4 heteroatoms. The predicted octanol–water partition coefficient (Wildman–Crippen LogP) is 2.06. The van der Waals surface area contributed by atoms with Crippen LogP contribution in [0.2, 0.25) is 0 Å². The molecule has 0 radical (unpaired) electrons. The van der Waals surface area contributed by atoms with Gasteiger partial charge in [-0.3, -0.25) is 9.59 Å². The van der Waals surface area contributed by atoms with Crippen LogP contribution in [0, 0.1) is 5.92 Å². The molecule has 0 N–H and O–H groups in total. The number of carbonyl (C=O) groups is 2. The topological polar surface area (TPSA) is 52.6 Å². The summed E-state index contributed by atoms with van der Waals surface area (Å²) in [6.45, 7) is 1.44. The van der Waals surface area contributed by atoms with Crippen LogP contribution in [0.15, 0.2) is 0 Å². The van der Waals surface area contributed by atoms with Gasteiger partial charge in [-0.2, -0.15) is 0 Å². The van der Waals surface area contributed by atoms with Crippen LogP contribution in [-0.4, -0.2) is 25.2 Å². The Morgan fingerprint density at radius 1 is 1.25 bits per heavy atom. The summed E-state index contributed by atoms with van der Waals surface area (Å²) < 4.78 is 9.89. The molecule has 4 nitrogen and oxygen atoms in total. The maximum atomic E-state index is 11.1. The highest BCUT2D eigenvalue weighted by atomic mass is 16.5. The molecule has 1 fully saturated rings. The van der Waals surface area contributed by atoms with Gasteiger partial charge >= 0.3 is 11.9 Å². The Morgan fingerprint density at radius 2 is 1.94 bits per heavy atom.